The Balaban J connectivity index is 6.62. The number of nitrogens with two attached hydrogens (primary N) is 5. The first-order valence-corrected chi connectivity index (χ1v) is 44.0. The largest absolute Gasteiger partial charge is 0.462 e. The smallest absolute Gasteiger partial charge is 0.315 e. The van der Waals surface area contributed by atoms with Crippen molar-refractivity contribution in [2.24, 2.45) is 28.7 Å². The molecule has 1 unspecified atom stereocenters. The van der Waals surface area contributed by atoms with Gasteiger partial charge in [-0.3, -0.25) is 38.4 Å². The zero-order chi connectivity index (χ0) is 77.4. The molecule has 0 aliphatic heterocycles. The normalized spacial score (nSPS) is 13.3. The van der Waals surface area contributed by atoms with Crippen LogP contribution in [-0.2, 0) is 47.8 Å². The summed E-state index contributed by atoms with van der Waals surface area (Å²) >= 11 is 5.70. The van der Waals surface area contributed by atoms with Crippen LogP contribution in [0.25, 0.3) is 0 Å². The molecule has 105 heavy (non-hydrogen) atoms. The summed E-state index contributed by atoms with van der Waals surface area (Å²) in [6.07, 6.45) is 48.7. The van der Waals surface area contributed by atoms with E-state index in [0.29, 0.717) is 96.9 Å². The molecule has 0 aliphatic carbocycles. The van der Waals surface area contributed by atoms with E-state index in [1.165, 1.54) is 179 Å². The number of esters is 2. The van der Waals surface area contributed by atoms with Gasteiger partial charge in [0.15, 0.2) is 0 Å². The van der Waals surface area contributed by atoms with E-state index >= 15 is 0 Å². The lowest BCUT2D eigenvalue weighted by Crippen LogP contribution is -2.60. The van der Waals surface area contributed by atoms with E-state index in [4.69, 9.17) is 38.1 Å². The molecular formula is C80H156N12O11S2. The molecule has 0 aromatic carbocycles. The quantitative estimate of drug-likeness (QED) is 0.0153. The number of amides is 8. The third-order valence-corrected chi connectivity index (χ3v) is 20.9. The monoisotopic (exact) mass is 1530 g/mol. The molecule has 0 fully saturated rings. The summed E-state index contributed by atoms with van der Waals surface area (Å²) in [5, 5.41) is 19.5. The topological polar surface area (TPSA) is 386 Å². The van der Waals surface area contributed by atoms with Crippen molar-refractivity contribution in [3.05, 3.63) is 0 Å². The van der Waals surface area contributed by atoms with Crippen LogP contribution in [0.4, 0.5) is 4.79 Å². The van der Waals surface area contributed by atoms with Crippen LogP contribution in [0.15, 0.2) is 0 Å². The molecule has 0 aromatic heterocycles. The highest BCUT2D eigenvalue weighted by Gasteiger charge is 2.33. The second kappa shape index (κ2) is 73.7. The Bertz CT molecular complexity index is 2180. The van der Waals surface area contributed by atoms with Crippen molar-refractivity contribution in [3.63, 3.8) is 0 Å². The minimum atomic E-state index is -1.33. The molecule has 7 atom stereocenters. The number of urea groups is 1. The van der Waals surface area contributed by atoms with Crippen molar-refractivity contribution in [2.45, 2.75) is 397 Å². The van der Waals surface area contributed by atoms with Crippen LogP contribution >= 0.6 is 24.4 Å². The molecule has 0 saturated carbocycles. The first-order chi connectivity index (χ1) is 51.0. The van der Waals surface area contributed by atoms with Crippen LogP contribution < -0.4 is 65.9 Å². The van der Waals surface area contributed by atoms with E-state index in [9.17, 15) is 43.2 Å². The minimum absolute atomic E-state index is 0.0354. The maximum absolute atomic E-state index is 14.6. The van der Waals surface area contributed by atoms with Crippen LogP contribution in [0.2, 0.25) is 0 Å². The molecule has 0 radical (unpaired) electrons. The van der Waals surface area contributed by atoms with Gasteiger partial charge < -0.3 is 75.4 Å². The number of nitrogens with one attached hydrogen (secondary N) is 7. The molecule has 0 spiro atoms. The van der Waals surface area contributed by atoms with E-state index in [2.05, 4.69) is 70.6 Å². The second-order valence-corrected chi connectivity index (χ2v) is 30.6. The summed E-state index contributed by atoms with van der Waals surface area (Å²) in [4.78, 5) is 124. The number of thiol groups is 1. The highest BCUT2D eigenvalue weighted by atomic mass is 32.2. The zero-order valence-corrected chi connectivity index (χ0v) is 68.1. The molecule has 23 nitrogen and oxygen atoms in total. The standard InChI is InChI=1S/C80H156N12O11S2/c1-4-7-10-13-16-19-22-25-27-30-33-36-39-54-72(93)102-61-65(103-73(94)55-40-37-34-31-28-26-23-20-17-14-11-8-5-2)63-105-64-71(92-80(101)86-60-49-38-35-32-29-24-21-18-15-12-9-6-3)79(100)91-70(62-104)78(99)90-69(53-44-48-59-84)77(98)89-68(52-43-47-58-83)76(97)88-67(51-42-46-57-82)75(96)87-66(74(85)95)50-41-45-56-81/h65-71,104H,4-64,81-84H2,1-3H3,(H2,85,95)(H,87,96)(H,88,97)(H,89,98)(H,90,99)(H,91,100)(H2,86,92,101)/t65?,66-,67-,68-,69-,70-,71-/m0/s1. The third kappa shape index (κ3) is 60.1. The summed E-state index contributed by atoms with van der Waals surface area (Å²) in [5.41, 5.74) is 28.9. The number of carbonyl (C=O) groups is 9. The number of primary amides is 1. The van der Waals surface area contributed by atoms with Crippen LogP contribution in [-0.4, -0.2) is 152 Å². The molecule has 25 heteroatoms. The zero-order valence-electron chi connectivity index (χ0n) is 66.4. The van der Waals surface area contributed by atoms with Gasteiger partial charge in [0.2, 0.25) is 35.4 Å². The molecule has 17 N–H and O–H groups in total. The molecule has 614 valence electrons. The van der Waals surface area contributed by atoms with Crippen molar-refractivity contribution in [1.82, 2.24) is 37.2 Å². The number of ether oxygens (including phenoxy) is 2. The van der Waals surface area contributed by atoms with Gasteiger partial charge in [-0.05, 0) is 122 Å². The van der Waals surface area contributed by atoms with Gasteiger partial charge in [0.05, 0.1) is 0 Å². The Morgan fingerprint density at radius 2 is 0.629 bits per heavy atom. The number of carbonyl (C=O) groups excluding carboxylic acids is 9. The van der Waals surface area contributed by atoms with Gasteiger partial charge in [0, 0.05) is 36.6 Å². The highest BCUT2D eigenvalue weighted by molar-refractivity contribution is 7.99. The minimum Gasteiger partial charge on any atom is -0.462 e. The van der Waals surface area contributed by atoms with Crippen LogP contribution in [0.1, 0.15) is 355 Å². The third-order valence-electron chi connectivity index (χ3n) is 19.4. The molecule has 0 aliphatic rings. The number of hydrogen-bond acceptors (Lipinski definition) is 17. The number of rotatable bonds is 77. The average Bonchev–Trinajstić information content (AvgIpc) is 0.865. The van der Waals surface area contributed by atoms with E-state index < -0.39 is 89.8 Å². The fraction of sp³-hybridized carbons (Fsp3) is 0.887. The maximum Gasteiger partial charge on any atom is 0.315 e. The van der Waals surface area contributed by atoms with Gasteiger partial charge in [0.1, 0.15) is 49.0 Å². The van der Waals surface area contributed by atoms with Gasteiger partial charge in [-0.25, -0.2) is 4.79 Å². The molecule has 0 saturated heterocycles. The molecular weight excluding hydrogens is 1370 g/mol. The number of thioether (sulfide) groups is 1. The highest BCUT2D eigenvalue weighted by Crippen LogP contribution is 2.19. The lowest BCUT2D eigenvalue weighted by Gasteiger charge is -2.27. The SMILES string of the molecule is CCCCCCCCCCCCCCCC(=O)OCC(CSC[C@H](NC(=O)NCCCCCCCCCCCCCC)C(=O)N[C@@H](CS)C(=O)N[C@@H](CCCCN)C(=O)N[C@@H](CCCCN)C(=O)N[C@@H](CCCCN)C(=O)N[C@@H](CCCCN)C(N)=O)OC(=O)CCCCCCCCCCCCCCC. The van der Waals surface area contributed by atoms with Crippen LogP contribution in [0.3, 0.4) is 0 Å². The Kier molecular flexibility index (Phi) is 70.6. The average molecular weight is 1530 g/mol. The van der Waals surface area contributed by atoms with Gasteiger partial charge in [0.25, 0.3) is 0 Å². The fourth-order valence-corrected chi connectivity index (χ4v) is 14.0. The van der Waals surface area contributed by atoms with E-state index in [0.717, 1.165) is 64.2 Å². The van der Waals surface area contributed by atoms with Crippen molar-refractivity contribution in [1.29, 1.82) is 0 Å². The molecule has 8 amide bonds. The Labute approximate surface area is 646 Å². The Hall–Kier alpha value is -4.43. The Morgan fingerprint density at radius 1 is 0.333 bits per heavy atom. The predicted octanol–water partition coefficient (Wildman–Crippen LogP) is 12.9. The second-order valence-electron chi connectivity index (χ2n) is 29.2. The van der Waals surface area contributed by atoms with Gasteiger partial charge in [-0.15, -0.1) is 0 Å². The fourth-order valence-electron chi connectivity index (χ4n) is 12.7. The molecule has 0 heterocycles. The molecule has 0 rings (SSSR count). The predicted molar refractivity (Wildman–Crippen MR) is 435 cm³/mol. The van der Waals surface area contributed by atoms with Crippen molar-refractivity contribution < 1.29 is 52.6 Å². The first kappa shape index (κ1) is 101. The summed E-state index contributed by atoms with van der Waals surface area (Å²) in [6.45, 7) is 8.24. The van der Waals surface area contributed by atoms with E-state index in [-0.39, 0.29) is 68.4 Å². The Morgan fingerprint density at radius 3 is 0.971 bits per heavy atom. The molecule has 0 aromatic rings. The van der Waals surface area contributed by atoms with Gasteiger partial charge in [-0.2, -0.15) is 24.4 Å². The summed E-state index contributed by atoms with van der Waals surface area (Å²) in [5.74, 6) is -5.14. The van der Waals surface area contributed by atoms with Crippen molar-refractivity contribution >= 4 is 77.8 Å². The number of unbranched alkanes of at least 4 members (excludes halogenated alkanes) is 39. The first-order valence-electron chi connectivity index (χ1n) is 42.2. The summed E-state index contributed by atoms with van der Waals surface area (Å²) in [6, 6.07) is -7.70. The lowest BCUT2D eigenvalue weighted by molar-refractivity contribution is -0.157. The van der Waals surface area contributed by atoms with Crippen molar-refractivity contribution in [2.75, 3.05) is 56.6 Å². The summed E-state index contributed by atoms with van der Waals surface area (Å²) in [7, 11) is 0. The summed E-state index contributed by atoms with van der Waals surface area (Å²) < 4.78 is 11.8. The number of hydrogen-bond donors (Lipinski definition) is 13. The van der Waals surface area contributed by atoms with E-state index in [1.807, 2.05) is 0 Å². The van der Waals surface area contributed by atoms with Crippen LogP contribution in [0.5, 0.6) is 0 Å². The van der Waals surface area contributed by atoms with E-state index in [1.54, 1.807) is 0 Å². The molecule has 0 bridgehead atoms. The van der Waals surface area contributed by atoms with Gasteiger partial charge >= 0.3 is 18.0 Å². The lowest BCUT2D eigenvalue weighted by atomic mass is 10.0. The van der Waals surface area contributed by atoms with Gasteiger partial charge in [-0.1, -0.05) is 245 Å². The van der Waals surface area contributed by atoms with Crippen molar-refractivity contribution in [3.8, 4) is 0 Å². The van der Waals surface area contributed by atoms with Crippen LogP contribution in [0, 0.1) is 0 Å². The maximum atomic E-state index is 14.6.